The van der Waals surface area contributed by atoms with Crippen molar-refractivity contribution in [1.82, 2.24) is 9.88 Å². The highest BCUT2D eigenvalue weighted by molar-refractivity contribution is 5.86. The molecule has 5 nitrogen and oxygen atoms in total. The first kappa shape index (κ1) is 16.6. The number of rotatable bonds is 9. The summed E-state index contributed by atoms with van der Waals surface area (Å²) in [5.41, 5.74) is 0.892. The molecule has 5 heteroatoms. The fourth-order valence-corrected chi connectivity index (χ4v) is 2.38. The number of carboxylic acids is 1. The first-order valence-electron chi connectivity index (χ1n) is 7.04. The maximum Gasteiger partial charge on any atom is 0.354 e. The van der Waals surface area contributed by atoms with Gasteiger partial charge in [-0.15, -0.1) is 0 Å². The smallest absolute Gasteiger partial charge is 0.354 e. The van der Waals surface area contributed by atoms with Crippen LogP contribution < -0.4 is 0 Å². The molecular weight excluding hydrogens is 256 g/mol. The number of carbonyl (C=O) groups is 1. The Labute approximate surface area is 120 Å². The van der Waals surface area contributed by atoms with Crippen molar-refractivity contribution in [2.45, 2.75) is 39.3 Å². The zero-order valence-electron chi connectivity index (χ0n) is 12.5. The highest BCUT2D eigenvalue weighted by atomic mass is 16.5. The predicted molar refractivity (Wildman–Crippen MR) is 77.9 cm³/mol. The molecule has 112 valence electrons. The number of hydrogen-bond acceptors (Lipinski definition) is 4. The van der Waals surface area contributed by atoms with E-state index in [-0.39, 0.29) is 5.69 Å². The Morgan fingerprint density at radius 1 is 1.45 bits per heavy atom. The average Bonchev–Trinajstić information content (AvgIpc) is 2.46. The Balaban J connectivity index is 2.91. The monoisotopic (exact) mass is 280 g/mol. The molecule has 0 radical (unpaired) electrons. The third-order valence-electron chi connectivity index (χ3n) is 3.51. The molecule has 0 bridgehead atoms. The van der Waals surface area contributed by atoms with Gasteiger partial charge in [-0.25, -0.2) is 9.78 Å². The summed E-state index contributed by atoms with van der Waals surface area (Å²) in [7, 11) is 1.68. The molecule has 1 rings (SSSR count). The first-order valence-corrected chi connectivity index (χ1v) is 7.04. The molecule has 1 aromatic heterocycles. The van der Waals surface area contributed by atoms with Crippen LogP contribution in [0.25, 0.3) is 0 Å². The lowest BCUT2D eigenvalue weighted by Crippen LogP contribution is -2.37. The quantitative estimate of drug-likeness (QED) is 0.752. The number of aromatic carboxylic acids is 1. The van der Waals surface area contributed by atoms with Gasteiger partial charge in [-0.05, 0) is 24.5 Å². The second kappa shape index (κ2) is 8.66. The van der Waals surface area contributed by atoms with Crippen molar-refractivity contribution < 1.29 is 14.6 Å². The van der Waals surface area contributed by atoms with E-state index in [1.807, 2.05) is 6.07 Å². The lowest BCUT2D eigenvalue weighted by molar-refractivity contribution is 0.0684. The van der Waals surface area contributed by atoms with Crippen LogP contribution in [0.15, 0.2) is 18.3 Å². The van der Waals surface area contributed by atoms with Crippen LogP contribution in [0.5, 0.6) is 0 Å². The van der Waals surface area contributed by atoms with Gasteiger partial charge in [-0.1, -0.05) is 19.9 Å². The van der Waals surface area contributed by atoms with Crippen molar-refractivity contribution in [1.29, 1.82) is 0 Å². The molecule has 0 aliphatic heterocycles. The molecule has 0 saturated carbocycles. The van der Waals surface area contributed by atoms with E-state index in [1.54, 1.807) is 13.2 Å². The van der Waals surface area contributed by atoms with E-state index in [9.17, 15) is 9.90 Å². The Bertz CT molecular complexity index is 419. The number of pyridine rings is 1. The Kier molecular flexibility index (Phi) is 7.18. The third-order valence-corrected chi connectivity index (χ3v) is 3.51. The SMILES string of the molecule is CCC(CC)N(CCOC)Cc1cccnc1C(=O)O. The standard InChI is InChI=1S/C15H24N2O3/c1-4-13(5-2)17(9-10-20-3)11-12-7-6-8-16-14(12)15(18)19/h6-8,13H,4-5,9-11H2,1-3H3,(H,18,19). The second-order valence-electron chi connectivity index (χ2n) is 4.75. The first-order chi connectivity index (χ1) is 9.63. The molecule has 0 spiro atoms. The normalized spacial score (nSPS) is 11.2. The molecule has 1 aromatic rings. The van der Waals surface area contributed by atoms with Gasteiger partial charge in [0.2, 0.25) is 0 Å². The molecule has 20 heavy (non-hydrogen) atoms. The highest BCUT2D eigenvalue weighted by Crippen LogP contribution is 2.15. The molecule has 0 amide bonds. The number of ether oxygens (including phenoxy) is 1. The summed E-state index contributed by atoms with van der Waals surface area (Å²) in [5, 5.41) is 9.20. The second-order valence-corrected chi connectivity index (χ2v) is 4.75. The van der Waals surface area contributed by atoms with E-state index in [2.05, 4.69) is 23.7 Å². The van der Waals surface area contributed by atoms with Crippen molar-refractivity contribution in [3.8, 4) is 0 Å². The topological polar surface area (TPSA) is 62.7 Å². The van der Waals surface area contributed by atoms with E-state index in [0.717, 1.165) is 24.9 Å². The summed E-state index contributed by atoms with van der Waals surface area (Å²) >= 11 is 0. The van der Waals surface area contributed by atoms with Crippen LogP contribution in [0.2, 0.25) is 0 Å². The maximum absolute atomic E-state index is 11.2. The van der Waals surface area contributed by atoms with Crippen molar-refractivity contribution in [2.75, 3.05) is 20.3 Å². The Morgan fingerprint density at radius 3 is 2.70 bits per heavy atom. The summed E-state index contributed by atoms with van der Waals surface area (Å²) in [4.78, 5) is 17.5. The van der Waals surface area contributed by atoms with E-state index < -0.39 is 5.97 Å². The zero-order valence-corrected chi connectivity index (χ0v) is 12.5. The lowest BCUT2D eigenvalue weighted by Gasteiger charge is -2.30. The summed E-state index contributed by atoms with van der Waals surface area (Å²) in [6.07, 6.45) is 3.58. The van der Waals surface area contributed by atoms with Gasteiger partial charge in [-0.3, -0.25) is 4.90 Å². The van der Waals surface area contributed by atoms with Gasteiger partial charge in [-0.2, -0.15) is 0 Å². The fourth-order valence-electron chi connectivity index (χ4n) is 2.38. The Hall–Kier alpha value is -1.46. The van der Waals surface area contributed by atoms with Crippen LogP contribution in [0, 0.1) is 0 Å². The largest absolute Gasteiger partial charge is 0.477 e. The third kappa shape index (κ3) is 4.58. The number of carboxylic acid groups (broad SMARTS) is 1. The van der Waals surface area contributed by atoms with Crippen molar-refractivity contribution >= 4 is 5.97 Å². The van der Waals surface area contributed by atoms with Crippen LogP contribution in [0.4, 0.5) is 0 Å². The van der Waals surface area contributed by atoms with Gasteiger partial charge in [0, 0.05) is 32.4 Å². The van der Waals surface area contributed by atoms with Crippen molar-refractivity contribution in [3.63, 3.8) is 0 Å². The number of nitrogens with zero attached hydrogens (tertiary/aromatic N) is 2. The minimum absolute atomic E-state index is 0.140. The molecule has 0 aromatic carbocycles. The summed E-state index contributed by atoms with van der Waals surface area (Å²) in [6, 6.07) is 4.04. The molecule has 0 unspecified atom stereocenters. The van der Waals surface area contributed by atoms with Gasteiger partial charge in [0.25, 0.3) is 0 Å². The fraction of sp³-hybridized carbons (Fsp3) is 0.600. The number of aromatic nitrogens is 1. The lowest BCUT2D eigenvalue weighted by atomic mass is 10.1. The molecule has 0 atom stereocenters. The zero-order chi connectivity index (χ0) is 15.0. The molecule has 0 aliphatic rings. The summed E-state index contributed by atoms with van der Waals surface area (Å²) in [6.45, 7) is 6.31. The summed E-state index contributed by atoms with van der Waals surface area (Å²) < 4.78 is 5.15. The highest BCUT2D eigenvalue weighted by Gasteiger charge is 2.19. The predicted octanol–water partition coefficient (Wildman–Crippen LogP) is 2.42. The average molecular weight is 280 g/mol. The van der Waals surface area contributed by atoms with Crippen LogP contribution in [-0.4, -0.2) is 47.3 Å². The van der Waals surface area contributed by atoms with Gasteiger partial charge in [0.15, 0.2) is 5.69 Å². The maximum atomic E-state index is 11.2. The molecule has 0 saturated heterocycles. The van der Waals surface area contributed by atoms with E-state index >= 15 is 0 Å². The molecule has 1 heterocycles. The number of methoxy groups -OCH3 is 1. The minimum Gasteiger partial charge on any atom is -0.477 e. The van der Waals surface area contributed by atoms with E-state index in [0.29, 0.717) is 19.2 Å². The van der Waals surface area contributed by atoms with Gasteiger partial charge >= 0.3 is 5.97 Å². The van der Waals surface area contributed by atoms with E-state index in [1.165, 1.54) is 6.20 Å². The van der Waals surface area contributed by atoms with Crippen LogP contribution in [0.1, 0.15) is 42.7 Å². The molecule has 0 aliphatic carbocycles. The molecule has 1 N–H and O–H groups in total. The minimum atomic E-state index is -0.975. The van der Waals surface area contributed by atoms with Crippen LogP contribution in [-0.2, 0) is 11.3 Å². The van der Waals surface area contributed by atoms with Crippen LogP contribution >= 0.6 is 0 Å². The van der Waals surface area contributed by atoms with Gasteiger partial charge in [0.05, 0.1) is 6.61 Å². The van der Waals surface area contributed by atoms with Gasteiger partial charge in [0.1, 0.15) is 0 Å². The van der Waals surface area contributed by atoms with Crippen LogP contribution in [0.3, 0.4) is 0 Å². The Morgan fingerprint density at radius 2 is 2.15 bits per heavy atom. The van der Waals surface area contributed by atoms with Crippen molar-refractivity contribution in [3.05, 3.63) is 29.6 Å². The summed E-state index contributed by atoms with van der Waals surface area (Å²) in [5.74, 6) is -0.975. The molecular formula is C15H24N2O3. The van der Waals surface area contributed by atoms with E-state index in [4.69, 9.17) is 4.74 Å². The number of hydrogen-bond donors (Lipinski definition) is 1. The van der Waals surface area contributed by atoms with Crippen molar-refractivity contribution in [2.24, 2.45) is 0 Å². The van der Waals surface area contributed by atoms with Gasteiger partial charge < -0.3 is 9.84 Å². The molecule has 0 fully saturated rings.